The molecule has 2 rings (SSSR count). The minimum Gasteiger partial charge on any atom is -0.383 e. The first-order valence-electron chi connectivity index (χ1n) is 7.67. The number of nitrogens with zero attached hydrogens (tertiary/aromatic N) is 2. The first kappa shape index (κ1) is 17.4. The van der Waals surface area contributed by atoms with Crippen molar-refractivity contribution in [1.29, 1.82) is 0 Å². The largest absolute Gasteiger partial charge is 0.383 e. The number of methoxy groups -OCH3 is 1. The zero-order valence-electron chi connectivity index (χ0n) is 13.8. The number of rotatable bonds is 5. The number of benzene rings is 1. The SMILES string of the molecule is COCCN1C(C)CN(S(=O)(=O)c2ccc(C)cc2)CC1C. The summed E-state index contributed by atoms with van der Waals surface area (Å²) in [6.45, 7) is 8.63. The minimum absolute atomic E-state index is 0.180. The van der Waals surface area contributed by atoms with Crippen molar-refractivity contribution in [2.45, 2.75) is 37.8 Å². The van der Waals surface area contributed by atoms with E-state index < -0.39 is 10.0 Å². The highest BCUT2D eigenvalue weighted by Crippen LogP contribution is 2.23. The third-order valence-electron chi connectivity index (χ3n) is 4.28. The van der Waals surface area contributed by atoms with E-state index in [4.69, 9.17) is 4.74 Å². The van der Waals surface area contributed by atoms with Gasteiger partial charge in [-0.3, -0.25) is 4.90 Å². The zero-order chi connectivity index (χ0) is 16.3. The van der Waals surface area contributed by atoms with Crippen LogP contribution in [0.5, 0.6) is 0 Å². The molecule has 6 heteroatoms. The van der Waals surface area contributed by atoms with Crippen LogP contribution in [-0.4, -0.2) is 63.1 Å². The molecule has 1 aromatic rings. The van der Waals surface area contributed by atoms with Gasteiger partial charge in [0.15, 0.2) is 0 Å². The van der Waals surface area contributed by atoms with Crippen LogP contribution in [0.2, 0.25) is 0 Å². The summed E-state index contributed by atoms with van der Waals surface area (Å²) in [7, 11) is -1.73. The molecule has 0 N–H and O–H groups in total. The lowest BCUT2D eigenvalue weighted by Crippen LogP contribution is -2.58. The molecule has 1 heterocycles. The van der Waals surface area contributed by atoms with E-state index in [0.717, 1.165) is 12.1 Å². The molecule has 22 heavy (non-hydrogen) atoms. The van der Waals surface area contributed by atoms with Crippen molar-refractivity contribution in [3.63, 3.8) is 0 Å². The molecule has 1 aliphatic rings. The number of piperazine rings is 1. The summed E-state index contributed by atoms with van der Waals surface area (Å²) in [5, 5.41) is 0. The summed E-state index contributed by atoms with van der Waals surface area (Å²) in [5.41, 5.74) is 1.06. The van der Waals surface area contributed by atoms with Gasteiger partial charge < -0.3 is 4.74 Å². The third-order valence-corrected chi connectivity index (χ3v) is 6.13. The quantitative estimate of drug-likeness (QED) is 0.827. The van der Waals surface area contributed by atoms with E-state index in [9.17, 15) is 8.42 Å². The maximum Gasteiger partial charge on any atom is 0.243 e. The lowest BCUT2D eigenvalue weighted by atomic mass is 10.1. The molecular weight excluding hydrogens is 300 g/mol. The zero-order valence-corrected chi connectivity index (χ0v) is 14.6. The molecule has 0 bridgehead atoms. The summed E-state index contributed by atoms with van der Waals surface area (Å²) in [6, 6.07) is 7.43. The van der Waals surface area contributed by atoms with Crippen LogP contribution in [0.25, 0.3) is 0 Å². The van der Waals surface area contributed by atoms with Crippen LogP contribution in [0.4, 0.5) is 0 Å². The summed E-state index contributed by atoms with van der Waals surface area (Å²) < 4.78 is 32.3. The predicted molar refractivity (Wildman–Crippen MR) is 87.4 cm³/mol. The van der Waals surface area contributed by atoms with Crippen molar-refractivity contribution in [3.8, 4) is 0 Å². The van der Waals surface area contributed by atoms with Crippen LogP contribution < -0.4 is 0 Å². The highest BCUT2D eigenvalue weighted by atomic mass is 32.2. The summed E-state index contributed by atoms with van der Waals surface area (Å²) in [5.74, 6) is 0. The van der Waals surface area contributed by atoms with Crippen LogP contribution in [0, 0.1) is 6.92 Å². The molecule has 1 aliphatic heterocycles. The predicted octanol–water partition coefficient (Wildman–Crippen LogP) is 1.72. The Morgan fingerprint density at radius 1 is 1.14 bits per heavy atom. The number of sulfonamides is 1. The molecule has 0 radical (unpaired) electrons. The molecule has 124 valence electrons. The maximum absolute atomic E-state index is 12.8. The van der Waals surface area contributed by atoms with Crippen molar-refractivity contribution < 1.29 is 13.2 Å². The van der Waals surface area contributed by atoms with Crippen molar-refractivity contribution in [2.75, 3.05) is 33.4 Å². The second-order valence-corrected chi connectivity index (χ2v) is 8.00. The van der Waals surface area contributed by atoms with Crippen LogP contribution in [-0.2, 0) is 14.8 Å². The topological polar surface area (TPSA) is 49.9 Å². The van der Waals surface area contributed by atoms with Gasteiger partial charge in [0.05, 0.1) is 11.5 Å². The van der Waals surface area contributed by atoms with Crippen LogP contribution >= 0.6 is 0 Å². The fraction of sp³-hybridized carbons (Fsp3) is 0.625. The molecule has 0 aromatic heterocycles. The van der Waals surface area contributed by atoms with Crippen molar-refractivity contribution in [3.05, 3.63) is 29.8 Å². The highest BCUT2D eigenvalue weighted by Gasteiger charge is 2.35. The van der Waals surface area contributed by atoms with Gasteiger partial charge in [0.25, 0.3) is 0 Å². The fourth-order valence-electron chi connectivity index (χ4n) is 3.00. The van der Waals surface area contributed by atoms with Crippen LogP contribution in [0.15, 0.2) is 29.2 Å². The third kappa shape index (κ3) is 3.68. The Balaban J connectivity index is 2.15. The molecule has 2 unspecified atom stereocenters. The van der Waals surface area contributed by atoms with Gasteiger partial charge in [-0.05, 0) is 32.9 Å². The average Bonchev–Trinajstić information content (AvgIpc) is 2.46. The monoisotopic (exact) mass is 326 g/mol. The minimum atomic E-state index is -3.41. The fourth-order valence-corrected chi connectivity index (χ4v) is 4.60. The first-order chi connectivity index (χ1) is 10.4. The Labute approximate surface area is 133 Å². The molecule has 0 amide bonds. The lowest BCUT2D eigenvalue weighted by molar-refractivity contribution is 0.0496. The van der Waals surface area contributed by atoms with Gasteiger partial charge in [0.2, 0.25) is 10.0 Å². The number of hydrogen-bond donors (Lipinski definition) is 0. The number of hydrogen-bond acceptors (Lipinski definition) is 4. The van der Waals surface area contributed by atoms with E-state index in [2.05, 4.69) is 18.7 Å². The van der Waals surface area contributed by atoms with E-state index in [1.165, 1.54) is 0 Å². The number of aryl methyl sites for hydroxylation is 1. The van der Waals surface area contributed by atoms with Gasteiger partial charge in [-0.15, -0.1) is 0 Å². The Morgan fingerprint density at radius 3 is 2.18 bits per heavy atom. The van der Waals surface area contributed by atoms with E-state index >= 15 is 0 Å². The Hall–Kier alpha value is -0.950. The molecule has 0 saturated carbocycles. The number of ether oxygens (including phenoxy) is 1. The summed E-state index contributed by atoms with van der Waals surface area (Å²) >= 11 is 0. The Morgan fingerprint density at radius 2 is 1.68 bits per heavy atom. The Bertz CT molecular complexity index is 574. The van der Waals surface area contributed by atoms with Crippen molar-refractivity contribution in [1.82, 2.24) is 9.21 Å². The van der Waals surface area contributed by atoms with Crippen LogP contribution in [0.3, 0.4) is 0 Å². The molecular formula is C16H26N2O3S. The second kappa shape index (κ2) is 7.08. The Kier molecular flexibility index (Phi) is 5.60. The molecule has 1 aromatic carbocycles. The first-order valence-corrected chi connectivity index (χ1v) is 9.11. The normalized spacial score (nSPS) is 24.5. The van der Waals surface area contributed by atoms with Gasteiger partial charge in [-0.1, -0.05) is 17.7 Å². The molecule has 1 fully saturated rings. The van der Waals surface area contributed by atoms with Gasteiger partial charge in [0.1, 0.15) is 0 Å². The molecule has 0 aliphatic carbocycles. The van der Waals surface area contributed by atoms with Gasteiger partial charge >= 0.3 is 0 Å². The van der Waals surface area contributed by atoms with Crippen molar-refractivity contribution in [2.24, 2.45) is 0 Å². The molecule has 2 atom stereocenters. The van der Waals surface area contributed by atoms with E-state index in [1.807, 2.05) is 19.1 Å². The van der Waals surface area contributed by atoms with Crippen molar-refractivity contribution >= 4 is 10.0 Å². The second-order valence-electron chi connectivity index (χ2n) is 6.06. The van der Waals surface area contributed by atoms with E-state index in [1.54, 1.807) is 23.5 Å². The molecule has 0 spiro atoms. The summed E-state index contributed by atoms with van der Waals surface area (Å²) in [4.78, 5) is 2.69. The smallest absolute Gasteiger partial charge is 0.243 e. The van der Waals surface area contributed by atoms with Gasteiger partial charge in [-0.2, -0.15) is 4.31 Å². The van der Waals surface area contributed by atoms with Gasteiger partial charge in [0, 0.05) is 38.8 Å². The molecule has 5 nitrogen and oxygen atoms in total. The summed E-state index contributed by atoms with van der Waals surface area (Å²) in [6.07, 6.45) is 0. The molecule has 1 saturated heterocycles. The van der Waals surface area contributed by atoms with E-state index in [-0.39, 0.29) is 12.1 Å². The van der Waals surface area contributed by atoms with E-state index in [0.29, 0.717) is 24.6 Å². The average molecular weight is 326 g/mol. The maximum atomic E-state index is 12.8. The standard InChI is InChI=1S/C16H26N2O3S/c1-13-5-7-16(8-6-13)22(19,20)17-11-14(2)18(9-10-21-4)15(3)12-17/h5-8,14-15H,9-12H2,1-4H3. The van der Waals surface area contributed by atoms with Gasteiger partial charge in [-0.25, -0.2) is 8.42 Å². The van der Waals surface area contributed by atoms with Crippen LogP contribution in [0.1, 0.15) is 19.4 Å². The lowest BCUT2D eigenvalue weighted by Gasteiger charge is -2.43. The highest BCUT2D eigenvalue weighted by molar-refractivity contribution is 7.89.